The second-order valence-corrected chi connectivity index (χ2v) is 4.98. The highest BCUT2D eigenvalue weighted by atomic mass is 16.7. The van der Waals surface area contributed by atoms with Crippen molar-refractivity contribution in [3.05, 3.63) is 29.8 Å². The minimum atomic E-state index is -0.391. The molecule has 1 aromatic carbocycles. The van der Waals surface area contributed by atoms with Crippen LogP contribution in [0.2, 0.25) is 0 Å². The number of hydrogen-bond acceptors (Lipinski definition) is 4. The summed E-state index contributed by atoms with van der Waals surface area (Å²) in [6.07, 6.45) is 1.64. The van der Waals surface area contributed by atoms with E-state index in [2.05, 4.69) is 4.90 Å². The van der Waals surface area contributed by atoms with Crippen LogP contribution in [0.15, 0.2) is 24.3 Å². The molecule has 0 aromatic heterocycles. The van der Waals surface area contributed by atoms with E-state index >= 15 is 0 Å². The molecule has 5 nitrogen and oxygen atoms in total. The number of benzene rings is 1. The number of nitrogens with two attached hydrogens (primary N) is 1. The van der Waals surface area contributed by atoms with Crippen LogP contribution in [0.1, 0.15) is 23.2 Å². The molecule has 0 aliphatic carbocycles. The summed E-state index contributed by atoms with van der Waals surface area (Å²) in [5, 5.41) is 0. The third kappa shape index (κ3) is 2.31. The first kappa shape index (κ1) is 12.4. The lowest BCUT2D eigenvalue weighted by Gasteiger charge is -2.39. The molecule has 0 unspecified atom stereocenters. The Hall–Kier alpha value is -1.59. The summed E-state index contributed by atoms with van der Waals surface area (Å²) in [5.41, 5.74) is 6.90. The molecular formula is C14H18N2O3. The second kappa shape index (κ2) is 4.83. The van der Waals surface area contributed by atoms with Crippen molar-refractivity contribution < 1.29 is 14.3 Å². The monoisotopic (exact) mass is 262 g/mol. The van der Waals surface area contributed by atoms with Crippen LogP contribution in [0.3, 0.4) is 0 Å². The van der Waals surface area contributed by atoms with Gasteiger partial charge in [0.2, 0.25) is 0 Å². The first-order valence-corrected chi connectivity index (χ1v) is 6.62. The summed E-state index contributed by atoms with van der Waals surface area (Å²) in [5.74, 6) is -0.776. The van der Waals surface area contributed by atoms with Gasteiger partial charge in [0.1, 0.15) is 0 Å². The van der Waals surface area contributed by atoms with Crippen molar-refractivity contribution in [1.82, 2.24) is 0 Å². The number of anilines is 1. The van der Waals surface area contributed by atoms with Gasteiger partial charge >= 0.3 is 0 Å². The second-order valence-electron chi connectivity index (χ2n) is 4.98. The molecule has 0 atom stereocenters. The number of amides is 1. The third-order valence-corrected chi connectivity index (χ3v) is 3.85. The predicted octanol–water partition coefficient (Wildman–Crippen LogP) is 1.13. The number of nitrogens with zero attached hydrogens (tertiary/aromatic N) is 1. The van der Waals surface area contributed by atoms with Crippen LogP contribution in [0, 0.1) is 0 Å². The number of primary amides is 1. The zero-order chi connectivity index (χ0) is 13.3. The Bertz CT molecular complexity index is 473. The van der Waals surface area contributed by atoms with Crippen LogP contribution in [0.5, 0.6) is 0 Å². The van der Waals surface area contributed by atoms with Crippen LogP contribution in [-0.4, -0.2) is 38.0 Å². The highest BCUT2D eigenvalue weighted by molar-refractivity contribution is 5.98. The Kier molecular flexibility index (Phi) is 3.16. The normalized spacial score (nSPS) is 21.8. The number of ether oxygens (including phenoxy) is 2. The van der Waals surface area contributed by atoms with Gasteiger partial charge in [0.15, 0.2) is 5.79 Å². The van der Waals surface area contributed by atoms with E-state index in [0.717, 1.165) is 31.6 Å². The van der Waals surface area contributed by atoms with E-state index in [1.807, 2.05) is 18.2 Å². The molecule has 2 heterocycles. The van der Waals surface area contributed by atoms with Gasteiger partial charge < -0.3 is 20.1 Å². The number of carbonyl (C=O) groups excluding carboxylic acids is 1. The number of piperidine rings is 1. The van der Waals surface area contributed by atoms with Crippen molar-refractivity contribution in [2.24, 2.45) is 5.73 Å². The maximum atomic E-state index is 11.5. The van der Waals surface area contributed by atoms with Gasteiger partial charge in [-0.2, -0.15) is 0 Å². The highest BCUT2D eigenvalue weighted by Crippen LogP contribution is 2.34. The maximum Gasteiger partial charge on any atom is 0.250 e. The van der Waals surface area contributed by atoms with Gasteiger partial charge in [-0.1, -0.05) is 12.1 Å². The quantitative estimate of drug-likeness (QED) is 0.867. The first-order chi connectivity index (χ1) is 9.20. The van der Waals surface area contributed by atoms with Crippen LogP contribution in [-0.2, 0) is 9.47 Å². The summed E-state index contributed by atoms with van der Waals surface area (Å²) in [7, 11) is 0. The van der Waals surface area contributed by atoms with E-state index in [-0.39, 0.29) is 5.91 Å². The minimum absolute atomic E-state index is 0.385. The van der Waals surface area contributed by atoms with E-state index in [4.69, 9.17) is 15.2 Å². The Labute approximate surface area is 112 Å². The molecule has 2 saturated heterocycles. The fourth-order valence-electron chi connectivity index (χ4n) is 2.83. The molecule has 0 saturated carbocycles. The smallest absolute Gasteiger partial charge is 0.250 e. The van der Waals surface area contributed by atoms with Crippen LogP contribution in [0.4, 0.5) is 5.69 Å². The first-order valence-electron chi connectivity index (χ1n) is 6.62. The van der Waals surface area contributed by atoms with E-state index in [1.165, 1.54) is 0 Å². The van der Waals surface area contributed by atoms with Crippen LogP contribution < -0.4 is 10.6 Å². The molecule has 0 radical (unpaired) electrons. The molecule has 0 bridgehead atoms. The topological polar surface area (TPSA) is 64.8 Å². The zero-order valence-corrected chi connectivity index (χ0v) is 10.8. The number of para-hydroxylation sites is 1. The van der Waals surface area contributed by atoms with Crippen molar-refractivity contribution in [3.63, 3.8) is 0 Å². The molecular weight excluding hydrogens is 244 g/mol. The Morgan fingerprint density at radius 1 is 1.16 bits per heavy atom. The zero-order valence-electron chi connectivity index (χ0n) is 10.8. The lowest BCUT2D eigenvalue weighted by Crippen LogP contribution is -2.45. The summed E-state index contributed by atoms with van der Waals surface area (Å²) < 4.78 is 11.4. The third-order valence-electron chi connectivity index (χ3n) is 3.85. The van der Waals surface area contributed by atoms with Gasteiger partial charge in [-0.05, 0) is 12.1 Å². The summed E-state index contributed by atoms with van der Waals surface area (Å²) in [6.45, 7) is 2.98. The standard InChI is InChI=1S/C14H18N2O3/c15-13(17)11-3-1-2-4-12(11)16-7-5-14(6-8-16)18-9-10-19-14/h1-4H,5-10H2,(H2,15,17). The lowest BCUT2D eigenvalue weighted by atomic mass is 10.0. The molecule has 1 spiro atoms. The molecule has 2 aliphatic rings. The molecule has 1 amide bonds. The number of hydrogen-bond donors (Lipinski definition) is 1. The molecule has 2 fully saturated rings. The summed E-state index contributed by atoms with van der Waals surface area (Å²) in [4.78, 5) is 13.6. The van der Waals surface area contributed by atoms with Crippen molar-refractivity contribution >= 4 is 11.6 Å². The molecule has 19 heavy (non-hydrogen) atoms. The van der Waals surface area contributed by atoms with Crippen LogP contribution >= 0.6 is 0 Å². The van der Waals surface area contributed by atoms with Gasteiger partial charge in [0, 0.05) is 31.6 Å². The van der Waals surface area contributed by atoms with Gasteiger partial charge in [-0.15, -0.1) is 0 Å². The maximum absolute atomic E-state index is 11.5. The van der Waals surface area contributed by atoms with Crippen molar-refractivity contribution in [2.45, 2.75) is 18.6 Å². The largest absolute Gasteiger partial charge is 0.370 e. The average Bonchev–Trinajstić information content (AvgIpc) is 2.88. The molecule has 3 rings (SSSR count). The Balaban J connectivity index is 1.76. The predicted molar refractivity (Wildman–Crippen MR) is 71.0 cm³/mol. The Morgan fingerprint density at radius 2 is 1.79 bits per heavy atom. The molecule has 102 valence electrons. The van der Waals surface area contributed by atoms with Crippen LogP contribution in [0.25, 0.3) is 0 Å². The summed E-state index contributed by atoms with van der Waals surface area (Å²) in [6, 6.07) is 7.46. The lowest BCUT2D eigenvalue weighted by molar-refractivity contribution is -0.169. The number of carbonyl (C=O) groups is 1. The highest BCUT2D eigenvalue weighted by Gasteiger charge is 2.40. The van der Waals surface area contributed by atoms with Gasteiger partial charge in [0.25, 0.3) is 5.91 Å². The van der Waals surface area contributed by atoms with E-state index in [1.54, 1.807) is 6.07 Å². The SMILES string of the molecule is NC(=O)c1ccccc1N1CCC2(CC1)OCCO2. The molecule has 1 aromatic rings. The fourth-order valence-corrected chi connectivity index (χ4v) is 2.83. The number of rotatable bonds is 2. The van der Waals surface area contributed by atoms with Gasteiger partial charge in [0.05, 0.1) is 18.8 Å². The van der Waals surface area contributed by atoms with Gasteiger partial charge in [-0.25, -0.2) is 0 Å². The van der Waals surface area contributed by atoms with Crippen molar-refractivity contribution in [1.29, 1.82) is 0 Å². The average molecular weight is 262 g/mol. The summed E-state index contributed by atoms with van der Waals surface area (Å²) >= 11 is 0. The van der Waals surface area contributed by atoms with E-state index < -0.39 is 5.79 Å². The van der Waals surface area contributed by atoms with Gasteiger partial charge in [-0.3, -0.25) is 4.79 Å². The molecule has 5 heteroatoms. The van der Waals surface area contributed by atoms with Crippen molar-refractivity contribution in [3.8, 4) is 0 Å². The van der Waals surface area contributed by atoms with E-state index in [9.17, 15) is 4.79 Å². The fraction of sp³-hybridized carbons (Fsp3) is 0.500. The van der Waals surface area contributed by atoms with Crippen molar-refractivity contribution in [2.75, 3.05) is 31.2 Å². The minimum Gasteiger partial charge on any atom is -0.370 e. The Morgan fingerprint density at radius 3 is 2.42 bits per heavy atom. The molecule has 2 N–H and O–H groups in total. The molecule has 2 aliphatic heterocycles. The van der Waals surface area contributed by atoms with E-state index in [0.29, 0.717) is 18.8 Å².